The number of ether oxygens (including phenoxy) is 2. The van der Waals surface area contributed by atoms with Crippen LogP contribution < -0.4 is 35.0 Å². The number of benzene rings is 2. The Kier molecular flexibility index (Phi) is 9.24. The Morgan fingerprint density at radius 2 is 1.84 bits per heavy atom. The highest BCUT2D eigenvalue weighted by Gasteiger charge is 2.27. The second-order valence-electron chi connectivity index (χ2n) is 11.1. The largest absolute Gasteiger partial charge is 0.494 e. The van der Waals surface area contributed by atoms with Gasteiger partial charge in [0, 0.05) is 68.3 Å². The molecule has 1 aromatic heterocycles. The maximum absolute atomic E-state index is 12.1. The highest BCUT2D eigenvalue weighted by molar-refractivity contribution is 9.10. The summed E-state index contributed by atoms with van der Waals surface area (Å²) in [7, 11) is -1.90. The number of hydrogen-bond donors (Lipinski definition) is 4. The number of sulfonamides is 1. The van der Waals surface area contributed by atoms with Crippen molar-refractivity contribution in [1.29, 1.82) is 0 Å². The minimum Gasteiger partial charge on any atom is -0.494 e. The SMILES string of the molecule is COc1cc(N2CCC(N3CCNCC3)CC2)c(Br)cc1Nc1ncc(Cl)c(Nc2cc3c(cc2NS(C)(=O)=O)CCO3)n1. The van der Waals surface area contributed by atoms with E-state index >= 15 is 0 Å². The van der Waals surface area contributed by atoms with E-state index in [1.807, 2.05) is 12.1 Å². The van der Waals surface area contributed by atoms with Crippen molar-refractivity contribution in [2.24, 2.45) is 0 Å². The average Bonchev–Trinajstić information content (AvgIpc) is 3.46. The number of aromatic nitrogens is 2. The molecule has 0 saturated carbocycles. The molecule has 44 heavy (non-hydrogen) atoms. The molecule has 3 aliphatic heterocycles. The van der Waals surface area contributed by atoms with Crippen LogP contribution in [0, 0.1) is 0 Å². The molecule has 2 saturated heterocycles. The number of halogens is 2. The van der Waals surface area contributed by atoms with E-state index in [2.05, 4.69) is 56.4 Å². The Balaban J connectivity index is 1.20. The van der Waals surface area contributed by atoms with Gasteiger partial charge < -0.3 is 30.3 Å². The molecule has 0 atom stereocenters. The lowest BCUT2D eigenvalue weighted by molar-refractivity contribution is 0.150. The molecule has 15 heteroatoms. The minimum atomic E-state index is -3.54. The summed E-state index contributed by atoms with van der Waals surface area (Å²) in [5.74, 6) is 1.90. The van der Waals surface area contributed by atoms with E-state index < -0.39 is 10.0 Å². The highest BCUT2D eigenvalue weighted by atomic mass is 79.9. The van der Waals surface area contributed by atoms with Crippen LogP contribution in [0.15, 0.2) is 34.9 Å². The number of fused-ring (bicyclic) bond motifs is 1. The standard InChI is InChI=1S/C29H36BrClN8O4S/c1-42-27-16-25(39-8-3-19(4-9-39)38-10-6-32-7-11-38)20(30)14-24(27)35-29-33-17-21(31)28(36-29)34-22-15-26-18(5-12-43-26)13-23(22)37-44(2,40)41/h13-17,19,32,37H,3-12H2,1-2H3,(H2,33,34,35,36). The molecule has 3 aliphatic rings. The van der Waals surface area contributed by atoms with Crippen molar-refractivity contribution in [3.8, 4) is 11.5 Å². The third-order valence-electron chi connectivity index (χ3n) is 8.11. The summed E-state index contributed by atoms with van der Waals surface area (Å²) in [6.07, 6.45) is 5.53. The van der Waals surface area contributed by atoms with E-state index in [-0.39, 0.29) is 11.0 Å². The van der Waals surface area contributed by atoms with E-state index in [1.54, 1.807) is 19.2 Å². The van der Waals surface area contributed by atoms with E-state index in [0.717, 1.165) is 74.1 Å². The highest BCUT2D eigenvalue weighted by Crippen LogP contribution is 2.40. The Hall–Kier alpha value is -3.04. The molecule has 0 spiro atoms. The van der Waals surface area contributed by atoms with Gasteiger partial charge in [0.1, 0.15) is 16.5 Å². The summed E-state index contributed by atoms with van der Waals surface area (Å²) < 4.78 is 39.1. The molecule has 4 N–H and O–H groups in total. The van der Waals surface area contributed by atoms with Crippen LogP contribution in [-0.2, 0) is 16.4 Å². The van der Waals surface area contributed by atoms with Crippen LogP contribution in [0.2, 0.25) is 5.02 Å². The van der Waals surface area contributed by atoms with Crippen molar-refractivity contribution < 1.29 is 17.9 Å². The maximum Gasteiger partial charge on any atom is 0.229 e. The van der Waals surface area contributed by atoms with Gasteiger partial charge in [0.2, 0.25) is 16.0 Å². The first-order valence-electron chi connectivity index (χ1n) is 14.6. The molecule has 0 aliphatic carbocycles. The molecule has 12 nitrogen and oxygen atoms in total. The van der Waals surface area contributed by atoms with Crippen LogP contribution in [-0.4, -0.2) is 88.6 Å². The third kappa shape index (κ3) is 7.09. The van der Waals surface area contributed by atoms with Crippen LogP contribution in [0.4, 0.5) is 34.5 Å². The number of nitrogens with one attached hydrogen (secondary N) is 4. The second kappa shape index (κ2) is 13.1. The number of piperazine rings is 1. The lowest BCUT2D eigenvalue weighted by Gasteiger charge is -2.41. The smallest absolute Gasteiger partial charge is 0.229 e. The molecule has 0 amide bonds. The van der Waals surface area contributed by atoms with Crippen molar-refractivity contribution in [1.82, 2.24) is 20.2 Å². The molecule has 6 rings (SSSR count). The number of rotatable bonds is 9. The summed E-state index contributed by atoms with van der Waals surface area (Å²) in [6.45, 7) is 6.85. The number of piperidine rings is 1. The van der Waals surface area contributed by atoms with E-state index in [4.69, 9.17) is 21.1 Å². The Morgan fingerprint density at radius 3 is 2.57 bits per heavy atom. The lowest BCUT2D eigenvalue weighted by atomic mass is 10.0. The Morgan fingerprint density at radius 1 is 1.07 bits per heavy atom. The fourth-order valence-corrected chi connectivity index (χ4v) is 7.25. The van der Waals surface area contributed by atoms with Gasteiger partial charge in [-0.1, -0.05) is 11.6 Å². The predicted molar refractivity (Wildman–Crippen MR) is 178 cm³/mol. The van der Waals surface area contributed by atoms with Gasteiger partial charge in [-0.3, -0.25) is 9.62 Å². The summed E-state index contributed by atoms with van der Waals surface area (Å²) >= 11 is 10.3. The molecular formula is C29H36BrClN8O4S. The van der Waals surface area contributed by atoms with E-state index in [9.17, 15) is 8.42 Å². The molecular weight excluding hydrogens is 672 g/mol. The third-order valence-corrected chi connectivity index (χ3v) is 9.61. The van der Waals surface area contributed by atoms with Crippen molar-refractivity contribution in [3.63, 3.8) is 0 Å². The second-order valence-corrected chi connectivity index (χ2v) is 14.1. The van der Waals surface area contributed by atoms with Crippen LogP contribution in [0.25, 0.3) is 0 Å². The molecule has 2 aromatic carbocycles. The van der Waals surface area contributed by atoms with Crippen LogP contribution in [0.5, 0.6) is 11.5 Å². The first-order valence-corrected chi connectivity index (χ1v) is 17.6. The van der Waals surface area contributed by atoms with Crippen LogP contribution in [0.3, 0.4) is 0 Å². The minimum absolute atomic E-state index is 0.259. The van der Waals surface area contributed by atoms with Crippen molar-refractivity contribution in [2.45, 2.75) is 25.3 Å². The number of methoxy groups -OCH3 is 1. The van der Waals surface area contributed by atoms with Gasteiger partial charge in [-0.25, -0.2) is 13.4 Å². The van der Waals surface area contributed by atoms with Gasteiger partial charge in [0.05, 0.1) is 48.9 Å². The average molecular weight is 708 g/mol. The molecule has 0 bridgehead atoms. The molecule has 0 unspecified atom stereocenters. The predicted octanol–water partition coefficient (Wildman–Crippen LogP) is 4.57. The van der Waals surface area contributed by atoms with Gasteiger partial charge in [0.25, 0.3) is 0 Å². The summed E-state index contributed by atoms with van der Waals surface area (Å²) in [6, 6.07) is 8.13. The normalized spacial score (nSPS) is 17.6. The Bertz CT molecular complexity index is 1630. The van der Waals surface area contributed by atoms with Gasteiger partial charge >= 0.3 is 0 Å². The quantitative estimate of drug-likeness (QED) is 0.250. The summed E-state index contributed by atoms with van der Waals surface area (Å²) in [5, 5.41) is 10.1. The van der Waals surface area contributed by atoms with Crippen LogP contribution in [0.1, 0.15) is 18.4 Å². The van der Waals surface area contributed by atoms with Crippen molar-refractivity contribution in [3.05, 3.63) is 45.5 Å². The number of nitrogens with zero attached hydrogens (tertiary/aromatic N) is 4. The Labute approximate surface area is 271 Å². The molecule has 3 aromatic rings. The van der Waals surface area contributed by atoms with Gasteiger partial charge in [-0.15, -0.1) is 0 Å². The van der Waals surface area contributed by atoms with Gasteiger partial charge in [0.15, 0.2) is 5.82 Å². The molecule has 0 radical (unpaired) electrons. The van der Waals surface area contributed by atoms with Crippen molar-refractivity contribution >= 4 is 72.1 Å². The fraction of sp³-hybridized carbons (Fsp3) is 0.448. The van der Waals surface area contributed by atoms with Crippen LogP contribution >= 0.6 is 27.5 Å². The van der Waals surface area contributed by atoms with Gasteiger partial charge in [-0.2, -0.15) is 4.98 Å². The summed E-state index contributed by atoms with van der Waals surface area (Å²) in [5.41, 5.74) is 3.50. The first kappa shape index (κ1) is 31.0. The monoisotopic (exact) mass is 706 g/mol. The van der Waals surface area contributed by atoms with Gasteiger partial charge in [-0.05, 0) is 46.5 Å². The zero-order valence-electron chi connectivity index (χ0n) is 24.6. The summed E-state index contributed by atoms with van der Waals surface area (Å²) in [4.78, 5) is 14.0. The molecule has 4 heterocycles. The number of hydrogen-bond acceptors (Lipinski definition) is 11. The number of anilines is 6. The fourth-order valence-electron chi connectivity index (χ4n) is 5.95. The van der Waals surface area contributed by atoms with E-state index in [1.165, 1.54) is 6.20 Å². The van der Waals surface area contributed by atoms with Crippen molar-refractivity contribution in [2.75, 3.05) is 79.5 Å². The maximum atomic E-state index is 12.1. The first-order chi connectivity index (χ1) is 21.2. The molecule has 2 fully saturated rings. The zero-order valence-corrected chi connectivity index (χ0v) is 27.8. The zero-order chi connectivity index (χ0) is 30.8. The topological polar surface area (TPSA) is 133 Å². The molecule has 236 valence electrons. The lowest BCUT2D eigenvalue weighted by Crippen LogP contribution is -2.52. The van der Waals surface area contributed by atoms with E-state index in [0.29, 0.717) is 53.4 Å².